The van der Waals surface area contributed by atoms with E-state index in [4.69, 9.17) is 10.5 Å². The van der Waals surface area contributed by atoms with Gasteiger partial charge in [0.05, 0.1) is 11.6 Å². The van der Waals surface area contributed by atoms with Gasteiger partial charge in [-0.1, -0.05) is 0 Å². The first-order valence-electron chi connectivity index (χ1n) is 11.5. The molecule has 0 atom stereocenters. The lowest BCUT2D eigenvalue weighted by Gasteiger charge is -2.31. The number of pyridine rings is 1. The van der Waals surface area contributed by atoms with Crippen LogP contribution < -0.4 is 10.5 Å². The zero-order chi connectivity index (χ0) is 21.0. The predicted molar refractivity (Wildman–Crippen MR) is 119 cm³/mol. The van der Waals surface area contributed by atoms with Crippen molar-refractivity contribution in [3.05, 3.63) is 36.3 Å². The highest BCUT2D eigenvalue weighted by Crippen LogP contribution is 2.32. The summed E-state index contributed by atoms with van der Waals surface area (Å²) in [6.45, 7) is 5.14. The minimum Gasteiger partial charge on any atom is -0.458 e. The predicted octanol–water partition coefficient (Wildman–Crippen LogP) is 3.28. The summed E-state index contributed by atoms with van der Waals surface area (Å²) in [6, 6.07) is 4.11. The van der Waals surface area contributed by atoms with E-state index < -0.39 is 0 Å². The molecule has 0 aromatic carbocycles. The van der Waals surface area contributed by atoms with Crippen molar-refractivity contribution in [2.45, 2.75) is 51.7 Å². The van der Waals surface area contributed by atoms with Crippen molar-refractivity contribution in [3.63, 3.8) is 0 Å². The van der Waals surface area contributed by atoms with Crippen molar-refractivity contribution in [2.75, 3.05) is 25.4 Å². The molecule has 0 radical (unpaired) electrons. The van der Waals surface area contributed by atoms with Gasteiger partial charge in [-0.05, 0) is 81.1 Å². The summed E-state index contributed by atoms with van der Waals surface area (Å²) >= 11 is 0. The molecule has 2 N–H and O–H groups in total. The van der Waals surface area contributed by atoms with Crippen LogP contribution in [0.1, 0.15) is 44.1 Å². The number of nitrogens with two attached hydrogens (primary N) is 1. The third-order valence-corrected chi connectivity index (χ3v) is 6.74. The van der Waals surface area contributed by atoms with Gasteiger partial charge in [0.2, 0.25) is 0 Å². The Hall–Kier alpha value is -2.74. The van der Waals surface area contributed by atoms with Crippen LogP contribution in [0, 0.1) is 11.8 Å². The van der Waals surface area contributed by atoms with Crippen molar-refractivity contribution in [1.82, 2.24) is 29.6 Å². The quantitative estimate of drug-likeness (QED) is 0.625. The molecule has 3 aromatic rings. The monoisotopic (exact) mass is 421 g/mol. The van der Waals surface area contributed by atoms with Gasteiger partial charge in [-0.15, -0.1) is 0 Å². The van der Waals surface area contributed by atoms with E-state index in [1.165, 1.54) is 58.2 Å². The molecule has 3 aromatic heterocycles. The lowest BCUT2D eigenvalue weighted by molar-refractivity contribution is 0.192. The largest absolute Gasteiger partial charge is 0.458 e. The second-order valence-corrected chi connectivity index (χ2v) is 8.99. The fourth-order valence-corrected chi connectivity index (χ4v) is 4.95. The normalized spacial score (nSPS) is 22.2. The molecule has 8 nitrogen and oxygen atoms in total. The number of rotatable bonds is 7. The Morgan fingerprint density at radius 1 is 0.968 bits per heavy atom. The molecule has 31 heavy (non-hydrogen) atoms. The van der Waals surface area contributed by atoms with Crippen molar-refractivity contribution >= 4 is 16.9 Å². The second kappa shape index (κ2) is 9.18. The summed E-state index contributed by atoms with van der Waals surface area (Å²) in [7, 11) is 0. The van der Waals surface area contributed by atoms with Gasteiger partial charge in [0.1, 0.15) is 12.4 Å². The number of hydrogen-bond donors (Lipinski definition) is 1. The zero-order valence-corrected chi connectivity index (χ0v) is 18.0. The molecule has 8 heteroatoms. The highest BCUT2D eigenvalue weighted by Gasteiger charge is 2.25. The molecular formula is C23H31N7O. The van der Waals surface area contributed by atoms with Gasteiger partial charge in [-0.2, -0.15) is 15.1 Å². The summed E-state index contributed by atoms with van der Waals surface area (Å²) in [4.78, 5) is 15.6. The minimum atomic E-state index is 0.290. The van der Waals surface area contributed by atoms with E-state index in [0.29, 0.717) is 18.3 Å². The van der Waals surface area contributed by atoms with Crippen LogP contribution in [-0.2, 0) is 13.2 Å². The summed E-state index contributed by atoms with van der Waals surface area (Å²) in [6.07, 6.45) is 13.2. The van der Waals surface area contributed by atoms with E-state index in [1.807, 2.05) is 16.8 Å². The third kappa shape index (κ3) is 4.79. The van der Waals surface area contributed by atoms with Gasteiger partial charge in [0.15, 0.2) is 5.65 Å². The van der Waals surface area contributed by atoms with Crippen LogP contribution in [0.5, 0.6) is 6.01 Å². The first kappa shape index (κ1) is 20.2. The number of likely N-dealkylation sites (tertiary alicyclic amines) is 1. The van der Waals surface area contributed by atoms with Crippen LogP contribution in [0.4, 0.5) is 5.82 Å². The number of aromatic nitrogens is 5. The van der Waals surface area contributed by atoms with Crippen molar-refractivity contribution in [1.29, 1.82) is 0 Å². The van der Waals surface area contributed by atoms with Gasteiger partial charge < -0.3 is 15.4 Å². The molecule has 5 rings (SSSR count). The number of fused-ring (bicyclic) bond motifs is 1. The summed E-state index contributed by atoms with van der Waals surface area (Å²) in [5.41, 5.74) is 7.94. The standard InChI is InChI=1S/C23H31N7O/c24-21-20-13-26-30(15-18-5-3-17(4-6-18)14-29-11-1-2-12-29)22(20)28-23(27-21)31-16-19-7-9-25-10-8-19/h7-10,13,17-18H,1-6,11-12,14-16H2,(H2,24,27,28)/t17-,18+. The Kier molecular flexibility index (Phi) is 5.97. The Morgan fingerprint density at radius 2 is 1.68 bits per heavy atom. The molecule has 1 saturated heterocycles. The second-order valence-electron chi connectivity index (χ2n) is 8.99. The molecule has 1 aliphatic carbocycles. The van der Waals surface area contributed by atoms with Crippen molar-refractivity contribution in [2.24, 2.45) is 11.8 Å². The van der Waals surface area contributed by atoms with Gasteiger partial charge in [0.25, 0.3) is 0 Å². The first-order valence-corrected chi connectivity index (χ1v) is 11.5. The summed E-state index contributed by atoms with van der Waals surface area (Å²) in [5.74, 6) is 1.90. The summed E-state index contributed by atoms with van der Waals surface area (Å²) < 4.78 is 7.78. The Morgan fingerprint density at radius 3 is 2.42 bits per heavy atom. The van der Waals surface area contributed by atoms with E-state index >= 15 is 0 Å². The molecule has 2 fully saturated rings. The van der Waals surface area contributed by atoms with E-state index in [2.05, 4.69) is 25.0 Å². The van der Waals surface area contributed by atoms with E-state index in [-0.39, 0.29) is 6.01 Å². The molecule has 4 heterocycles. The Bertz CT molecular complexity index is 992. The molecule has 1 saturated carbocycles. The molecule has 1 aliphatic heterocycles. The van der Waals surface area contributed by atoms with E-state index in [1.54, 1.807) is 18.6 Å². The maximum Gasteiger partial charge on any atom is 0.320 e. The van der Waals surface area contributed by atoms with E-state index in [0.717, 1.165) is 29.1 Å². The van der Waals surface area contributed by atoms with Crippen LogP contribution in [0.25, 0.3) is 11.0 Å². The SMILES string of the molecule is Nc1nc(OCc2ccncc2)nc2c1cnn2C[C@H]1CC[C@@H](CN2CCCC2)CC1. The molecule has 0 amide bonds. The maximum atomic E-state index is 6.17. The lowest BCUT2D eigenvalue weighted by Crippen LogP contribution is -2.30. The van der Waals surface area contributed by atoms with Crippen LogP contribution in [0.15, 0.2) is 30.7 Å². The van der Waals surface area contributed by atoms with Crippen LogP contribution in [0.3, 0.4) is 0 Å². The van der Waals surface area contributed by atoms with E-state index in [9.17, 15) is 0 Å². The zero-order valence-electron chi connectivity index (χ0n) is 18.0. The minimum absolute atomic E-state index is 0.290. The first-order chi connectivity index (χ1) is 15.2. The number of anilines is 1. The number of nitrogens with zero attached hydrogens (tertiary/aromatic N) is 6. The third-order valence-electron chi connectivity index (χ3n) is 6.74. The average Bonchev–Trinajstić information content (AvgIpc) is 3.45. The Labute approximate surface area is 182 Å². The molecule has 164 valence electrons. The Balaban J connectivity index is 1.22. The summed E-state index contributed by atoms with van der Waals surface area (Å²) in [5, 5.41) is 5.36. The average molecular weight is 422 g/mol. The number of nitrogen functional groups attached to an aromatic ring is 1. The fourth-order valence-electron chi connectivity index (χ4n) is 4.95. The maximum absolute atomic E-state index is 6.17. The number of hydrogen-bond acceptors (Lipinski definition) is 7. The molecular weight excluding hydrogens is 390 g/mol. The van der Waals surface area contributed by atoms with Crippen molar-refractivity contribution < 1.29 is 4.74 Å². The van der Waals surface area contributed by atoms with Crippen LogP contribution in [-0.4, -0.2) is 49.3 Å². The highest BCUT2D eigenvalue weighted by molar-refractivity contribution is 5.85. The van der Waals surface area contributed by atoms with Gasteiger partial charge >= 0.3 is 6.01 Å². The van der Waals surface area contributed by atoms with Crippen LogP contribution in [0.2, 0.25) is 0 Å². The smallest absolute Gasteiger partial charge is 0.320 e. The van der Waals surface area contributed by atoms with Crippen molar-refractivity contribution in [3.8, 4) is 6.01 Å². The van der Waals surface area contributed by atoms with Crippen LogP contribution >= 0.6 is 0 Å². The highest BCUT2D eigenvalue weighted by atomic mass is 16.5. The van der Waals surface area contributed by atoms with Gasteiger partial charge in [-0.3, -0.25) is 4.98 Å². The van der Waals surface area contributed by atoms with Gasteiger partial charge in [-0.25, -0.2) is 4.68 Å². The molecule has 0 unspecified atom stereocenters. The fraction of sp³-hybridized carbons (Fsp3) is 0.565. The lowest BCUT2D eigenvalue weighted by atomic mass is 9.82. The number of ether oxygens (including phenoxy) is 1. The molecule has 0 bridgehead atoms. The molecule has 2 aliphatic rings. The van der Waals surface area contributed by atoms with Gasteiger partial charge in [0, 0.05) is 25.5 Å². The molecule has 0 spiro atoms. The topological polar surface area (TPSA) is 95.0 Å².